The number of benzene rings is 8. The van der Waals surface area contributed by atoms with E-state index in [1.165, 1.54) is 99.9 Å². The van der Waals surface area contributed by atoms with Gasteiger partial charge < -0.3 is 9.64 Å². The smallest absolute Gasteiger partial charge is 0.175 e. The summed E-state index contributed by atoms with van der Waals surface area (Å²) in [6.07, 6.45) is 5.34. The van der Waals surface area contributed by atoms with E-state index in [1.807, 2.05) is 68.4 Å². The lowest BCUT2D eigenvalue weighted by Gasteiger charge is -2.29. The van der Waals surface area contributed by atoms with Crippen LogP contribution in [-0.2, 0) is 9.84 Å². The monoisotopic (exact) mass is 1260 g/mol. The second-order valence-corrected chi connectivity index (χ2v) is 28.6. The summed E-state index contributed by atoms with van der Waals surface area (Å²) in [4.78, 5) is 2.92. The molecular weight excluding hydrogens is 1150 g/mol. The predicted octanol–water partition coefficient (Wildman–Crippen LogP) is 25.1. The maximum absolute atomic E-state index is 11.2. The standard InChI is InChI=1S/C14H21N.C10H14O2S.C10H14O.3C10H14.2C9H11Cl/c1-12(2)13-7-6-8-14(11-13)15-9-4-3-5-10-15;1-8(2)9-5-4-6-10(7-9)13(3,11)12;1-8(2)9-5-4-6-10(7-9)11-3;2*1-8(2)10-6-4-5-9(3)7-10;1-8(2)10-7-5-4-6-9(10)3;1-7(2)8-4-3-5-9(10)6-8;1-7(2)8-5-3-4-6-9(8)10/h6-8,11-12H,3-5,9-10H2,1-2H3;4-8H,1-3H3;4-8H,1-3H3;3*4-8H,1-3H3;2*3-7H,1-2H3. The Morgan fingerprint density at radius 3 is 1.13 bits per heavy atom. The van der Waals surface area contributed by atoms with Crippen molar-refractivity contribution < 1.29 is 13.2 Å². The maximum Gasteiger partial charge on any atom is 0.175 e. The first kappa shape index (κ1) is 79.0. The van der Waals surface area contributed by atoms with Gasteiger partial charge in [0.1, 0.15) is 5.75 Å². The number of aryl methyl sites for hydroxylation is 3. The van der Waals surface area contributed by atoms with Gasteiger partial charge in [0, 0.05) is 35.1 Å². The zero-order valence-electron chi connectivity index (χ0n) is 58.5. The highest BCUT2D eigenvalue weighted by atomic mass is 35.5. The van der Waals surface area contributed by atoms with Crippen LogP contribution < -0.4 is 9.64 Å². The van der Waals surface area contributed by atoms with Crippen LogP contribution in [0.3, 0.4) is 0 Å². The summed E-state index contributed by atoms with van der Waals surface area (Å²) in [6, 6.07) is 66.1. The van der Waals surface area contributed by atoms with Crippen molar-refractivity contribution in [2.45, 2.75) is 203 Å². The molecule has 89 heavy (non-hydrogen) atoms. The van der Waals surface area contributed by atoms with E-state index >= 15 is 0 Å². The number of rotatable bonds is 11. The Hall–Kier alpha value is -6.11. The number of halogens is 2. The lowest BCUT2D eigenvalue weighted by atomic mass is 9.99. The number of anilines is 1. The number of sulfone groups is 1. The molecule has 0 aliphatic carbocycles. The second kappa shape index (κ2) is 42.0. The lowest BCUT2D eigenvalue weighted by Crippen LogP contribution is -2.29. The molecule has 1 aliphatic heterocycles. The Morgan fingerprint density at radius 2 is 0.764 bits per heavy atom. The van der Waals surface area contributed by atoms with Crippen LogP contribution in [0.4, 0.5) is 5.69 Å². The number of nitrogens with zero attached hydrogens (tertiary/aromatic N) is 1. The van der Waals surface area contributed by atoms with Gasteiger partial charge in [-0.3, -0.25) is 0 Å². The van der Waals surface area contributed by atoms with Crippen molar-refractivity contribution in [3.05, 3.63) is 265 Å². The van der Waals surface area contributed by atoms with Gasteiger partial charge in [0.05, 0.1) is 12.0 Å². The number of piperidine rings is 1. The van der Waals surface area contributed by atoms with E-state index in [9.17, 15) is 8.42 Å². The third-order valence-corrected chi connectivity index (χ3v) is 16.9. The maximum atomic E-state index is 11.2. The van der Waals surface area contributed by atoms with Crippen molar-refractivity contribution >= 4 is 38.7 Å². The molecule has 8 aromatic carbocycles. The minimum atomic E-state index is -3.06. The fourth-order valence-electron chi connectivity index (χ4n) is 9.44. The van der Waals surface area contributed by atoms with E-state index in [-0.39, 0.29) is 0 Å². The number of ether oxygens (including phenoxy) is 1. The topological polar surface area (TPSA) is 46.6 Å². The average molecular weight is 1260 g/mol. The largest absolute Gasteiger partial charge is 0.497 e. The van der Waals surface area contributed by atoms with Gasteiger partial charge in [-0.1, -0.05) is 285 Å². The van der Waals surface area contributed by atoms with Crippen LogP contribution in [0.15, 0.2) is 199 Å². The van der Waals surface area contributed by atoms with Gasteiger partial charge in [-0.15, -0.1) is 0 Å². The molecule has 0 unspecified atom stereocenters. The zero-order chi connectivity index (χ0) is 66.8. The molecule has 0 N–H and O–H groups in total. The van der Waals surface area contributed by atoms with Crippen molar-refractivity contribution in [2.75, 3.05) is 31.4 Å². The fourth-order valence-corrected chi connectivity index (χ4v) is 10.7. The van der Waals surface area contributed by atoms with E-state index < -0.39 is 9.84 Å². The molecule has 9 rings (SSSR count). The predicted molar refractivity (Wildman–Crippen MR) is 394 cm³/mol. The van der Waals surface area contributed by atoms with Crippen LogP contribution in [0.2, 0.25) is 10.0 Å². The third kappa shape index (κ3) is 32.0. The molecule has 7 heteroatoms. The molecule has 0 amide bonds. The first-order valence-electron chi connectivity index (χ1n) is 32.4. The van der Waals surface area contributed by atoms with E-state index in [4.69, 9.17) is 27.9 Å². The summed E-state index contributed by atoms with van der Waals surface area (Å²) in [5.41, 5.74) is 16.2. The van der Waals surface area contributed by atoms with E-state index in [0.717, 1.165) is 21.4 Å². The van der Waals surface area contributed by atoms with Crippen LogP contribution in [0.1, 0.15) is 239 Å². The Bertz CT molecular complexity index is 3160. The van der Waals surface area contributed by atoms with Crippen LogP contribution >= 0.6 is 23.2 Å². The Morgan fingerprint density at radius 1 is 0.382 bits per heavy atom. The highest BCUT2D eigenvalue weighted by Gasteiger charge is 2.12. The highest BCUT2D eigenvalue weighted by Crippen LogP contribution is 2.27. The van der Waals surface area contributed by atoms with E-state index in [1.54, 1.807) is 25.3 Å². The zero-order valence-corrected chi connectivity index (χ0v) is 60.8. The van der Waals surface area contributed by atoms with Gasteiger partial charge in [0.2, 0.25) is 0 Å². The van der Waals surface area contributed by atoms with Gasteiger partial charge in [-0.25, -0.2) is 8.42 Å². The Labute approximate surface area is 553 Å². The van der Waals surface area contributed by atoms with Crippen LogP contribution in [-0.4, -0.2) is 34.9 Å². The highest BCUT2D eigenvalue weighted by molar-refractivity contribution is 7.90. The molecule has 1 saturated heterocycles. The van der Waals surface area contributed by atoms with Gasteiger partial charge >= 0.3 is 0 Å². The molecule has 4 nitrogen and oxygen atoms in total. The Kier molecular flexibility index (Phi) is 37.3. The summed E-state index contributed by atoms with van der Waals surface area (Å²) < 4.78 is 27.5. The van der Waals surface area contributed by atoms with Gasteiger partial charge in [0.15, 0.2) is 9.84 Å². The molecule has 0 spiro atoms. The number of hydrogen-bond acceptors (Lipinski definition) is 4. The summed E-state index contributed by atoms with van der Waals surface area (Å²) in [5, 5.41) is 1.70. The fraction of sp³-hybridized carbons (Fsp3) is 0.415. The minimum Gasteiger partial charge on any atom is -0.497 e. The van der Waals surface area contributed by atoms with Crippen molar-refractivity contribution in [2.24, 2.45) is 0 Å². The summed E-state index contributed by atoms with van der Waals surface area (Å²) in [7, 11) is -1.36. The van der Waals surface area contributed by atoms with Crippen LogP contribution in [0.5, 0.6) is 5.75 Å². The number of hydrogen-bond donors (Lipinski definition) is 0. The van der Waals surface area contributed by atoms with E-state index in [0.29, 0.717) is 52.2 Å². The molecule has 0 atom stereocenters. The van der Waals surface area contributed by atoms with Gasteiger partial charge in [-0.05, 0) is 192 Å². The van der Waals surface area contributed by atoms with E-state index in [2.05, 4.69) is 244 Å². The molecule has 1 fully saturated rings. The summed E-state index contributed by atoms with van der Waals surface area (Å²) in [6.45, 7) is 43.8. The molecule has 484 valence electrons. The lowest BCUT2D eigenvalue weighted by molar-refractivity contribution is 0.414. The molecular formula is C82H113Cl2NO3S. The molecule has 1 aliphatic rings. The summed E-state index contributed by atoms with van der Waals surface area (Å²) >= 11 is 11.7. The Balaban J connectivity index is 0.000000348. The third-order valence-electron chi connectivity index (χ3n) is 15.2. The second-order valence-electron chi connectivity index (χ2n) is 25.8. The van der Waals surface area contributed by atoms with Gasteiger partial charge in [0.25, 0.3) is 0 Å². The molecule has 1 heterocycles. The quantitative estimate of drug-likeness (QED) is 0.129. The molecule has 0 bridgehead atoms. The molecule has 0 saturated carbocycles. The number of methoxy groups -OCH3 is 1. The average Bonchev–Trinajstić information content (AvgIpc) is 3.70. The van der Waals surface area contributed by atoms with Crippen LogP contribution in [0.25, 0.3) is 0 Å². The SMILES string of the molecule is CC(C)c1cccc(Cl)c1.CC(C)c1cccc(N2CCCCC2)c1.CC(C)c1cccc(S(C)(=O)=O)c1.CC(C)c1ccccc1Cl.COc1cccc(C(C)C)c1.Cc1cccc(C(C)C)c1.Cc1cccc(C(C)C)c1.Cc1ccccc1C(C)C. The van der Waals surface area contributed by atoms with Crippen molar-refractivity contribution in [3.63, 3.8) is 0 Å². The first-order valence-corrected chi connectivity index (χ1v) is 35.1. The van der Waals surface area contributed by atoms with Gasteiger partial charge in [-0.2, -0.15) is 0 Å². The van der Waals surface area contributed by atoms with Crippen molar-refractivity contribution in [3.8, 4) is 5.75 Å². The van der Waals surface area contributed by atoms with Crippen LogP contribution in [0, 0.1) is 20.8 Å². The first-order chi connectivity index (χ1) is 41.9. The normalized spacial score (nSPS) is 11.7. The molecule has 0 radical (unpaired) electrons. The molecule has 0 aromatic heterocycles. The minimum absolute atomic E-state index is 0.363. The summed E-state index contributed by atoms with van der Waals surface area (Å²) in [5.74, 6) is 5.56. The van der Waals surface area contributed by atoms with Crippen molar-refractivity contribution in [1.29, 1.82) is 0 Å². The molecule has 8 aromatic rings. The van der Waals surface area contributed by atoms with Crippen molar-refractivity contribution in [1.82, 2.24) is 0 Å².